The van der Waals surface area contributed by atoms with Crippen molar-refractivity contribution in [1.29, 1.82) is 0 Å². The first-order valence-electron chi connectivity index (χ1n) is 9.60. The molecule has 0 aliphatic carbocycles. The van der Waals surface area contributed by atoms with Crippen LogP contribution in [0.2, 0.25) is 0 Å². The minimum absolute atomic E-state index is 0.0474. The third-order valence-electron chi connectivity index (χ3n) is 4.42. The number of amides is 2. The average Bonchev–Trinajstić information content (AvgIpc) is 2.65. The molecule has 30 heavy (non-hydrogen) atoms. The van der Waals surface area contributed by atoms with Gasteiger partial charge in [-0.1, -0.05) is 26.0 Å². The second kappa shape index (κ2) is 11.9. The first kappa shape index (κ1) is 25.1. The third kappa shape index (κ3) is 8.58. The molecule has 1 aromatic carbocycles. The standard InChI is InChI=1S/C20H30N4O6/c1-11(2)8-17(24-21)20(30)23-16(9-13-4-6-14(26)7-5-13)19(29)22-15(12(3)25)10-18(27)28/h4-7,11,15-17,24,26H,8-10,21H2,1-3H3,(H,22,29)(H,23,30)(H,27,28)/t15-,16-,17-/m0/s1. The smallest absolute Gasteiger partial charge is 0.305 e. The lowest BCUT2D eigenvalue weighted by Crippen LogP contribution is -2.57. The van der Waals surface area contributed by atoms with Gasteiger partial charge in [0.25, 0.3) is 0 Å². The second-order valence-corrected chi connectivity index (χ2v) is 7.55. The molecule has 0 aliphatic rings. The first-order valence-corrected chi connectivity index (χ1v) is 9.60. The van der Waals surface area contributed by atoms with E-state index < -0.39 is 48.1 Å². The highest BCUT2D eigenvalue weighted by molar-refractivity contribution is 5.94. The number of carbonyl (C=O) groups is 4. The molecule has 0 saturated heterocycles. The van der Waals surface area contributed by atoms with Crippen LogP contribution in [0.4, 0.5) is 0 Å². The molecule has 0 saturated carbocycles. The van der Waals surface area contributed by atoms with Gasteiger partial charge in [-0.3, -0.25) is 25.0 Å². The number of aliphatic carboxylic acids is 1. The Morgan fingerprint density at radius 1 is 0.967 bits per heavy atom. The van der Waals surface area contributed by atoms with Gasteiger partial charge in [-0.2, -0.15) is 0 Å². The van der Waals surface area contributed by atoms with Crippen molar-refractivity contribution in [1.82, 2.24) is 16.1 Å². The van der Waals surface area contributed by atoms with E-state index in [-0.39, 0.29) is 18.1 Å². The van der Waals surface area contributed by atoms with Crippen LogP contribution in [0.3, 0.4) is 0 Å². The molecular weight excluding hydrogens is 392 g/mol. The van der Waals surface area contributed by atoms with Crippen LogP contribution >= 0.6 is 0 Å². The van der Waals surface area contributed by atoms with Crippen LogP contribution in [-0.4, -0.2) is 51.9 Å². The van der Waals surface area contributed by atoms with Gasteiger partial charge in [-0.05, 0) is 37.0 Å². The Morgan fingerprint density at radius 2 is 1.50 bits per heavy atom. The van der Waals surface area contributed by atoms with Crippen LogP contribution in [0, 0.1) is 5.92 Å². The number of ketones is 1. The van der Waals surface area contributed by atoms with Crippen molar-refractivity contribution in [3.63, 3.8) is 0 Å². The van der Waals surface area contributed by atoms with E-state index >= 15 is 0 Å². The minimum Gasteiger partial charge on any atom is -0.508 e. The Morgan fingerprint density at radius 3 is 1.97 bits per heavy atom. The Hall–Kier alpha value is -2.98. The van der Waals surface area contributed by atoms with E-state index in [1.807, 2.05) is 13.8 Å². The van der Waals surface area contributed by atoms with Crippen LogP contribution in [0.5, 0.6) is 5.75 Å². The van der Waals surface area contributed by atoms with Gasteiger partial charge >= 0.3 is 5.97 Å². The fraction of sp³-hybridized carbons (Fsp3) is 0.500. The SMILES string of the molecule is CC(=O)[C@H](CC(=O)O)NC(=O)[C@H](Cc1ccc(O)cc1)NC(=O)[C@H](CC(C)C)NN. The van der Waals surface area contributed by atoms with Crippen molar-refractivity contribution in [2.45, 2.75) is 58.2 Å². The number of Topliss-reactive ketones (excluding diaryl/α,β-unsaturated/α-hetero) is 1. The van der Waals surface area contributed by atoms with Gasteiger partial charge in [-0.25, -0.2) is 5.43 Å². The molecule has 0 fully saturated rings. The fourth-order valence-corrected chi connectivity index (χ4v) is 2.81. The zero-order valence-electron chi connectivity index (χ0n) is 17.3. The van der Waals surface area contributed by atoms with Gasteiger partial charge in [0, 0.05) is 6.42 Å². The number of nitrogens with one attached hydrogen (secondary N) is 3. The highest BCUT2D eigenvalue weighted by Gasteiger charge is 2.29. The number of aromatic hydroxyl groups is 1. The number of hydrogen-bond acceptors (Lipinski definition) is 7. The van der Waals surface area contributed by atoms with Crippen LogP contribution in [-0.2, 0) is 25.6 Å². The fourth-order valence-electron chi connectivity index (χ4n) is 2.81. The van der Waals surface area contributed by atoms with Crippen LogP contribution < -0.4 is 21.9 Å². The largest absolute Gasteiger partial charge is 0.508 e. The summed E-state index contributed by atoms with van der Waals surface area (Å²) in [6.07, 6.45) is -0.0687. The maximum atomic E-state index is 12.8. The highest BCUT2D eigenvalue weighted by Crippen LogP contribution is 2.12. The van der Waals surface area contributed by atoms with Gasteiger partial charge in [0.05, 0.1) is 18.5 Å². The van der Waals surface area contributed by atoms with Gasteiger partial charge in [0.1, 0.15) is 11.8 Å². The summed E-state index contributed by atoms with van der Waals surface area (Å²) in [4.78, 5) is 48.1. The van der Waals surface area contributed by atoms with Crippen LogP contribution in [0.1, 0.15) is 39.2 Å². The molecule has 1 aromatic rings. The van der Waals surface area contributed by atoms with Gasteiger partial charge in [-0.15, -0.1) is 0 Å². The van der Waals surface area contributed by atoms with E-state index in [0.29, 0.717) is 12.0 Å². The molecule has 0 aliphatic heterocycles. The van der Waals surface area contributed by atoms with Gasteiger partial charge in [0.2, 0.25) is 11.8 Å². The predicted molar refractivity (Wildman–Crippen MR) is 109 cm³/mol. The summed E-state index contributed by atoms with van der Waals surface area (Å²) in [6.45, 7) is 5.02. The van der Waals surface area contributed by atoms with E-state index in [9.17, 15) is 24.3 Å². The number of phenolic OH excluding ortho intramolecular Hbond substituents is 1. The Kier molecular flexibility index (Phi) is 9.93. The molecule has 2 amide bonds. The molecule has 166 valence electrons. The molecular formula is C20H30N4O6. The van der Waals surface area contributed by atoms with E-state index in [4.69, 9.17) is 10.9 Å². The van der Waals surface area contributed by atoms with E-state index in [1.165, 1.54) is 19.1 Å². The topological polar surface area (TPSA) is 171 Å². The maximum Gasteiger partial charge on any atom is 0.305 e. The molecule has 0 aromatic heterocycles. The van der Waals surface area contributed by atoms with Crippen molar-refractivity contribution in [3.8, 4) is 5.75 Å². The van der Waals surface area contributed by atoms with Crippen molar-refractivity contribution in [3.05, 3.63) is 29.8 Å². The number of carboxylic acids is 1. The zero-order chi connectivity index (χ0) is 22.8. The first-order chi connectivity index (χ1) is 14.0. The number of hydrazine groups is 1. The number of carbonyl (C=O) groups excluding carboxylic acids is 3. The number of nitrogens with two attached hydrogens (primary N) is 1. The van der Waals surface area contributed by atoms with Crippen molar-refractivity contribution >= 4 is 23.6 Å². The average molecular weight is 422 g/mol. The number of carboxylic acid groups (broad SMARTS) is 1. The van der Waals surface area contributed by atoms with E-state index in [2.05, 4.69) is 16.1 Å². The summed E-state index contributed by atoms with van der Waals surface area (Å²) in [5, 5.41) is 23.4. The Bertz CT molecular complexity index is 750. The van der Waals surface area contributed by atoms with E-state index in [0.717, 1.165) is 0 Å². The number of hydrogen-bond donors (Lipinski definition) is 6. The normalized spacial score (nSPS) is 13.9. The second-order valence-electron chi connectivity index (χ2n) is 7.55. The lowest BCUT2D eigenvalue weighted by molar-refractivity contribution is -0.140. The monoisotopic (exact) mass is 422 g/mol. The summed E-state index contributed by atoms with van der Waals surface area (Å²) >= 11 is 0. The molecule has 10 nitrogen and oxygen atoms in total. The van der Waals surface area contributed by atoms with Gasteiger partial charge in [0.15, 0.2) is 5.78 Å². The summed E-state index contributed by atoms with van der Waals surface area (Å²) in [6, 6.07) is 3.04. The molecule has 0 heterocycles. The van der Waals surface area contributed by atoms with Crippen molar-refractivity contribution < 1.29 is 29.4 Å². The van der Waals surface area contributed by atoms with Crippen molar-refractivity contribution in [2.75, 3.05) is 0 Å². The molecule has 0 spiro atoms. The lowest BCUT2D eigenvalue weighted by atomic mass is 10.0. The predicted octanol–water partition coefficient (Wildman–Crippen LogP) is -0.154. The molecule has 7 N–H and O–H groups in total. The number of phenols is 1. The summed E-state index contributed by atoms with van der Waals surface area (Å²) < 4.78 is 0. The molecule has 3 atom stereocenters. The summed E-state index contributed by atoms with van der Waals surface area (Å²) in [5.74, 6) is 2.74. The third-order valence-corrected chi connectivity index (χ3v) is 4.42. The molecule has 0 bridgehead atoms. The summed E-state index contributed by atoms with van der Waals surface area (Å²) in [7, 11) is 0. The number of rotatable bonds is 12. The van der Waals surface area contributed by atoms with Crippen LogP contribution in [0.25, 0.3) is 0 Å². The zero-order valence-corrected chi connectivity index (χ0v) is 17.3. The summed E-state index contributed by atoms with van der Waals surface area (Å²) in [5.41, 5.74) is 3.07. The number of benzene rings is 1. The minimum atomic E-state index is -1.24. The van der Waals surface area contributed by atoms with Crippen LogP contribution in [0.15, 0.2) is 24.3 Å². The van der Waals surface area contributed by atoms with E-state index in [1.54, 1.807) is 12.1 Å². The quantitative estimate of drug-likeness (QED) is 0.199. The molecule has 0 unspecified atom stereocenters. The lowest BCUT2D eigenvalue weighted by Gasteiger charge is -2.24. The highest BCUT2D eigenvalue weighted by atomic mass is 16.4. The Labute approximate surface area is 175 Å². The molecule has 1 rings (SSSR count). The molecule has 10 heteroatoms. The Balaban J connectivity index is 3.04. The van der Waals surface area contributed by atoms with Gasteiger partial charge < -0.3 is 20.8 Å². The maximum absolute atomic E-state index is 12.8. The van der Waals surface area contributed by atoms with Crippen molar-refractivity contribution in [2.24, 2.45) is 11.8 Å². The molecule has 0 radical (unpaired) electrons.